The number of hydrogen-bond donors (Lipinski definition) is 2. The SMILES string of the molecule is CC(CCN)C(=O)NC1CCCC(C(F)(F)F)C1. The van der Waals surface area contributed by atoms with Gasteiger partial charge in [-0.25, -0.2) is 0 Å². The first-order chi connectivity index (χ1) is 8.34. The summed E-state index contributed by atoms with van der Waals surface area (Å²) in [5, 5.41) is 2.71. The molecule has 1 saturated carbocycles. The van der Waals surface area contributed by atoms with Crippen molar-refractivity contribution in [2.24, 2.45) is 17.6 Å². The quantitative estimate of drug-likeness (QED) is 0.819. The topological polar surface area (TPSA) is 55.1 Å². The molecule has 18 heavy (non-hydrogen) atoms. The molecule has 0 radical (unpaired) electrons. The molecule has 0 aromatic rings. The number of carbonyl (C=O) groups excluding carboxylic acids is 1. The zero-order valence-electron chi connectivity index (χ0n) is 10.6. The Hall–Kier alpha value is -0.780. The second kappa shape index (κ2) is 6.41. The van der Waals surface area contributed by atoms with Crippen LogP contribution in [0.3, 0.4) is 0 Å². The smallest absolute Gasteiger partial charge is 0.353 e. The van der Waals surface area contributed by atoms with E-state index in [9.17, 15) is 18.0 Å². The maximum absolute atomic E-state index is 12.6. The lowest BCUT2D eigenvalue weighted by atomic mass is 9.85. The number of carbonyl (C=O) groups is 1. The van der Waals surface area contributed by atoms with Crippen molar-refractivity contribution in [2.45, 2.75) is 51.2 Å². The molecule has 3 nitrogen and oxygen atoms in total. The number of hydrogen-bond acceptors (Lipinski definition) is 2. The number of alkyl halides is 3. The van der Waals surface area contributed by atoms with Gasteiger partial charge >= 0.3 is 6.18 Å². The first-order valence-corrected chi connectivity index (χ1v) is 6.41. The average Bonchev–Trinajstić information content (AvgIpc) is 2.28. The summed E-state index contributed by atoms with van der Waals surface area (Å²) in [6.45, 7) is 2.15. The highest BCUT2D eigenvalue weighted by atomic mass is 19.4. The number of amides is 1. The van der Waals surface area contributed by atoms with Crippen molar-refractivity contribution in [3.05, 3.63) is 0 Å². The molecule has 6 heteroatoms. The van der Waals surface area contributed by atoms with Crippen LogP contribution in [0.4, 0.5) is 13.2 Å². The third-order valence-electron chi connectivity index (χ3n) is 3.53. The van der Waals surface area contributed by atoms with Crippen molar-refractivity contribution in [1.82, 2.24) is 5.32 Å². The summed E-state index contributed by atoms with van der Waals surface area (Å²) >= 11 is 0. The predicted octanol–water partition coefficient (Wildman–Crippen LogP) is 2.21. The first-order valence-electron chi connectivity index (χ1n) is 6.41. The monoisotopic (exact) mass is 266 g/mol. The predicted molar refractivity (Wildman–Crippen MR) is 62.8 cm³/mol. The summed E-state index contributed by atoms with van der Waals surface area (Å²) in [4.78, 5) is 11.7. The van der Waals surface area contributed by atoms with Crippen LogP contribution in [0.1, 0.15) is 39.0 Å². The summed E-state index contributed by atoms with van der Waals surface area (Å²) in [5.41, 5.74) is 5.35. The second-order valence-electron chi connectivity index (χ2n) is 5.09. The molecule has 106 valence electrons. The minimum Gasteiger partial charge on any atom is -0.353 e. The normalized spacial score (nSPS) is 26.7. The van der Waals surface area contributed by atoms with Crippen LogP contribution in [0.15, 0.2) is 0 Å². The molecule has 1 aliphatic rings. The Labute approximate surface area is 105 Å². The molecule has 3 unspecified atom stereocenters. The fourth-order valence-electron chi connectivity index (χ4n) is 2.34. The van der Waals surface area contributed by atoms with Crippen LogP contribution in [-0.2, 0) is 4.79 Å². The lowest BCUT2D eigenvalue weighted by Gasteiger charge is -2.31. The van der Waals surface area contributed by atoms with Crippen LogP contribution in [-0.4, -0.2) is 24.7 Å². The van der Waals surface area contributed by atoms with E-state index in [0.717, 1.165) is 0 Å². The summed E-state index contributed by atoms with van der Waals surface area (Å²) in [5.74, 6) is -1.70. The van der Waals surface area contributed by atoms with Crippen molar-refractivity contribution in [3.8, 4) is 0 Å². The number of halogens is 3. The van der Waals surface area contributed by atoms with Gasteiger partial charge in [0.15, 0.2) is 0 Å². The maximum atomic E-state index is 12.6. The number of nitrogens with one attached hydrogen (secondary N) is 1. The van der Waals surface area contributed by atoms with E-state index in [1.54, 1.807) is 6.92 Å². The van der Waals surface area contributed by atoms with E-state index < -0.39 is 12.1 Å². The highest BCUT2D eigenvalue weighted by Crippen LogP contribution is 2.37. The zero-order chi connectivity index (χ0) is 13.8. The van der Waals surface area contributed by atoms with Crippen molar-refractivity contribution in [3.63, 3.8) is 0 Å². The van der Waals surface area contributed by atoms with E-state index in [-0.39, 0.29) is 30.7 Å². The maximum Gasteiger partial charge on any atom is 0.391 e. The molecule has 0 spiro atoms. The lowest BCUT2D eigenvalue weighted by Crippen LogP contribution is -2.43. The van der Waals surface area contributed by atoms with Crippen molar-refractivity contribution >= 4 is 5.91 Å². The van der Waals surface area contributed by atoms with Gasteiger partial charge in [-0.05, 0) is 32.2 Å². The van der Waals surface area contributed by atoms with Crippen LogP contribution >= 0.6 is 0 Å². The molecule has 1 fully saturated rings. The van der Waals surface area contributed by atoms with Crippen LogP contribution in [0.25, 0.3) is 0 Å². The largest absolute Gasteiger partial charge is 0.391 e. The van der Waals surface area contributed by atoms with E-state index in [4.69, 9.17) is 5.73 Å². The van der Waals surface area contributed by atoms with Crippen LogP contribution < -0.4 is 11.1 Å². The van der Waals surface area contributed by atoms with Gasteiger partial charge in [-0.1, -0.05) is 13.3 Å². The fourth-order valence-corrected chi connectivity index (χ4v) is 2.34. The van der Waals surface area contributed by atoms with Crippen LogP contribution in [0.5, 0.6) is 0 Å². The van der Waals surface area contributed by atoms with Gasteiger partial charge in [0.1, 0.15) is 0 Å². The standard InChI is InChI=1S/C12H21F3N2O/c1-8(5-6-16)11(18)17-10-4-2-3-9(7-10)12(13,14)15/h8-10H,2-7,16H2,1H3,(H,17,18). The van der Waals surface area contributed by atoms with Crippen LogP contribution in [0, 0.1) is 11.8 Å². The van der Waals surface area contributed by atoms with Gasteiger partial charge in [-0.3, -0.25) is 4.79 Å². The van der Waals surface area contributed by atoms with Crippen LogP contribution in [0.2, 0.25) is 0 Å². The second-order valence-corrected chi connectivity index (χ2v) is 5.09. The Morgan fingerprint density at radius 1 is 1.44 bits per heavy atom. The third-order valence-corrected chi connectivity index (χ3v) is 3.53. The fraction of sp³-hybridized carbons (Fsp3) is 0.917. The van der Waals surface area contributed by atoms with E-state index in [2.05, 4.69) is 5.32 Å². The Kier molecular flexibility index (Phi) is 5.44. The van der Waals surface area contributed by atoms with Crippen molar-refractivity contribution < 1.29 is 18.0 Å². The molecule has 0 bridgehead atoms. The molecule has 3 atom stereocenters. The Bertz CT molecular complexity index is 281. The van der Waals surface area contributed by atoms with E-state index in [1.807, 2.05) is 0 Å². The summed E-state index contributed by atoms with van der Waals surface area (Å²) < 4.78 is 37.8. The molecule has 1 aliphatic carbocycles. The van der Waals surface area contributed by atoms with Gasteiger partial charge in [0, 0.05) is 12.0 Å². The van der Waals surface area contributed by atoms with Gasteiger partial charge in [-0.15, -0.1) is 0 Å². The minimum atomic E-state index is -4.15. The van der Waals surface area contributed by atoms with Gasteiger partial charge < -0.3 is 11.1 Å². The molecular formula is C12H21F3N2O. The average molecular weight is 266 g/mol. The molecule has 1 rings (SSSR count). The first kappa shape index (κ1) is 15.3. The highest BCUT2D eigenvalue weighted by molar-refractivity contribution is 5.78. The van der Waals surface area contributed by atoms with Gasteiger partial charge in [-0.2, -0.15) is 13.2 Å². The molecule has 0 aromatic carbocycles. The van der Waals surface area contributed by atoms with Gasteiger partial charge in [0.25, 0.3) is 0 Å². The van der Waals surface area contributed by atoms with E-state index in [0.29, 0.717) is 25.8 Å². The Balaban J connectivity index is 2.45. The molecule has 0 saturated heterocycles. The highest BCUT2D eigenvalue weighted by Gasteiger charge is 2.42. The molecular weight excluding hydrogens is 245 g/mol. The Morgan fingerprint density at radius 2 is 2.11 bits per heavy atom. The molecule has 0 aromatic heterocycles. The van der Waals surface area contributed by atoms with Gasteiger partial charge in [0.2, 0.25) is 5.91 Å². The van der Waals surface area contributed by atoms with Crippen molar-refractivity contribution in [1.29, 1.82) is 0 Å². The summed E-state index contributed by atoms with van der Waals surface area (Å²) in [6, 6.07) is -0.349. The van der Waals surface area contributed by atoms with E-state index in [1.165, 1.54) is 0 Å². The molecule has 3 N–H and O–H groups in total. The van der Waals surface area contributed by atoms with Crippen molar-refractivity contribution in [2.75, 3.05) is 6.54 Å². The Morgan fingerprint density at radius 3 is 2.67 bits per heavy atom. The number of nitrogens with two attached hydrogens (primary N) is 1. The van der Waals surface area contributed by atoms with Gasteiger partial charge in [0.05, 0.1) is 5.92 Å². The third kappa shape index (κ3) is 4.48. The zero-order valence-corrected chi connectivity index (χ0v) is 10.6. The molecule has 0 aliphatic heterocycles. The van der Waals surface area contributed by atoms with E-state index >= 15 is 0 Å². The summed E-state index contributed by atoms with van der Waals surface area (Å²) in [6.07, 6.45) is -2.26. The molecule has 1 amide bonds. The minimum absolute atomic E-state index is 0.00455. The molecule has 0 heterocycles. The lowest BCUT2D eigenvalue weighted by molar-refractivity contribution is -0.184. The summed E-state index contributed by atoms with van der Waals surface area (Å²) in [7, 11) is 0. The number of rotatable bonds is 4.